The van der Waals surface area contributed by atoms with Crippen molar-refractivity contribution in [2.24, 2.45) is 0 Å². The molecule has 5 nitrogen and oxygen atoms in total. The summed E-state index contributed by atoms with van der Waals surface area (Å²) in [5, 5.41) is 3.06. The summed E-state index contributed by atoms with van der Waals surface area (Å²) in [7, 11) is 5.90. The third kappa shape index (κ3) is 4.05. The van der Waals surface area contributed by atoms with Gasteiger partial charge < -0.3 is 19.9 Å². The van der Waals surface area contributed by atoms with Crippen molar-refractivity contribution in [2.45, 2.75) is 12.5 Å². The van der Waals surface area contributed by atoms with Crippen LogP contribution >= 0.6 is 0 Å². The first kappa shape index (κ1) is 12.3. The molecule has 5 heteroatoms. The van der Waals surface area contributed by atoms with Gasteiger partial charge in [-0.05, 0) is 34.1 Å². The normalized spacial score (nSPS) is 21.2. The molecule has 0 bridgehead atoms. The van der Waals surface area contributed by atoms with Gasteiger partial charge in [0.05, 0.1) is 6.54 Å². The molecule has 0 aromatic heterocycles. The zero-order valence-electron chi connectivity index (χ0n) is 9.82. The number of hydrogen-bond donors (Lipinski definition) is 1. The maximum absolute atomic E-state index is 11.4. The Hall–Kier alpha value is -0.810. The molecule has 0 aromatic rings. The minimum absolute atomic E-state index is 0.0621. The van der Waals surface area contributed by atoms with Crippen LogP contribution in [-0.2, 0) is 4.74 Å². The molecule has 0 aliphatic carbocycles. The quantitative estimate of drug-likeness (QED) is 0.676. The van der Waals surface area contributed by atoms with E-state index in [1.807, 2.05) is 21.1 Å². The van der Waals surface area contributed by atoms with Gasteiger partial charge in [-0.15, -0.1) is 0 Å². The first-order valence-electron chi connectivity index (χ1n) is 5.38. The Kier molecular flexibility index (Phi) is 4.84. The molecule has 88 valence electrons. The van der Waals surface area contributed by atoms with Crippen LogP contribution in [0, 0.1) is 0 Å². The van der Waals surface area contributed by atoms with Crippen LogP contribution in [0.2, 0.25) is 0 Å². The van der Waals surface area contributed by atoms with Crippen LogP contribution < -0.4 is 5.32 Å². The van der Waals surface area contributed by atoms with Gasteiger partial charge >= 0.3 is 6.09 Å². The van der Waals surface area contributed by atoms with Gasteiger partial charge in [-0.2, -0.15) is 0 Å². The number of carbonyl (C=O) groups excluding carboxylic acids is 1. The molecule has 1 rings (SSSR count). The lowest BCUT2D eigenvalue weighted by atomic mass is 10.2. The van der Waals surface area contributed by atoms with Crippen LogP contribution in [-0.4, -0.2) is 69.3 Å². The summed E-state index contributed by atoms with van der Waals surface area (Å²) in [6, 6.07) is 0. The predicted octanol–water partition coefficient (Wildman–Crippen LogP) is -0.0217. The van der Waals surface area contributed by atoms with E-state index in [0.29, 0.717) is 0 Å². The van der Waals surface area contributed by atoms with Crippen LogP contribution in [0.15, 0.2) is 0 Å². The highest BCUT2D eigenvalue weighted by Gasteiger charge is 2.30. The number of nitrogens with one attached hydrogen (secondary N) is 1. The van der Waals surface area contributed by atoms with Crippen molar-refractivity contribution in [3.8, 4) is 0 Å². The maximum atomic E-state index is 11.4. The molecule has 1 saturated heterocycles. The minimum atomic E-state index is -0.169. The number of hydrogen-bond acceptors (Lipinski definition) is 4. The van der Waals surface area contributed by atoms with Crippen molar-refractivity contribution < 1.29 is 9.53 Å². The van der Waals surface area contributed by atoms with Gasteiger partial charge in [-0.25, -0.2) is 4.79 Å². The fraction of sp³-hybridized carbons (Fsp3) is 0.900. The molecule has 1 heterocycles. The number of carbonyl (C=O) groups is 1. The summed E-state index contributed by atoms with van der Waals surface area (Å²) < 4.78 is 5.24. The number of likely N-dealkylation sites (N-methyl/N-ethyl adjacent to an activating group) is 1. The van der Waals surface area contributed by atoms with Crippen molar-refractivity contribution in [1.29, 1.82) is 0 Å². The van der Waals surface area contributed by atoms with E-state index in [0.717, 1.165) is 32.6 Å². The van der Waals surface area contributed by atoms with E-state index < -0.39 is 0 Å². The zero-order chi connectivity index (χ0) is 11.3. The Morgan fingerprint density at radius 3 is 2.93 bits per heavy atom. The molecule has 0 radical (unpaired) electrons. The van der Waals surface area contributed by atoms with Crippen molar-refractivity contribution in [3.05, 3.63) is 0 Å². The van der Waals surface area contributed by atoms with E-state index in [-0.39, 0.29) is 12.2 Å². The molecule has 0 saturated carbocycles. The van der Waals surface area contributed by atoms with Crippen LogP contribution in [0.3, 0.4) is 0 Å². The van der Waals surface area contributed by atoms with Gasteiger partial charge in [0.15, 0.2) is 0 Å². The highest BCUT2D eigenvalue weighted by Crippen LogP contribution is 2.13. The molecule has 1 fully saturated rings. The summed E-state index contributed by atoms with van der Waals surface area (Å²) in [6.45, 7) is 3.25. The van der Waals surface area contributed by atoms with Gasteiger partial charge in [-0.1, -0.05) is 0 Å². The van der Waals surface area contributed by atoms with Gasteiger partial charge in [0.1, 0.15) is 6.10 Å². The van der Waals surface area contributed by atoms with Crippen molar-refractivity contribution >= 4 is 6.09 Å². The Morgan fingerprint density at radius 1 is 1.60 bits per heavy atom. The van der Waals surface area contributed by atoms with Crippen molar-refractivity contribution in [1.82, 2.24) is 15.1 Å². The van der Waals surface area contributed by atoms with Crippen LogP contribution in [0.25, 0.3) is 0 Å². The molecule has 1 aliphatic heterocycles. The van der Waals surface area contributed by atoms with Crippen LogP contribution in [0.5, 0.6) is 0 Å². The fourth-order valence-corrected chi connectivity index (χ4v) is 1.53. The molecule has 15 heavy (non-hydrogen) atoms. The highest BCUT2D eigenvalue weighted by atomic mass is 16.6. The number of amides is 1. The molecule has 0 spiro atoms. The highest BCUT2D eigenvalue weighted by molar-refractivity contribution is 5.69. The Bertz CT molecular complexity index is 209. The summed E-state index contributed by atoms with van der Waals surface area (Å²) in [4.78, 5) is 15.3. The monoisotopic (exact) mass is 215 g/mol. The summed E-state index contributed by atoms with van der Waals surface area (Å²) >= 11 is 0. The van der Waals surface area contributed by atoms with Gasteiger partial charge in [-0.3, -0.25) is 0 Å². The SMILES string of the molecule is CNCCC1CN(CCN(C)C)C(=O)O1. The van der Waals surface area contributed by atoms with Crippen LogP contribution in [0.1, 0.15) is 6.42 Å². The second-order valence-electron chi connectivity index (χ2n) is 4.15. The largest absolute Gasteiger partial charge is 0.444 e. The second-order valence-corrected chi connectivity index (χ2v) is 4.15. The topological polar surface area (TPSA) is 44.8 Å². The van der Waals surface area contributed by atoms with E-state index in [1.165, 1.54) is 0 Å². The number of ether oxygens (including phenoxy) is 1. The molecule has 1 amide bonds. The number of cyclic esters (lactones) is 1. The lowest BCUT2D eigenvalue weighted by Gasteiger charge is -2.16. The summed E-state index contributed by atoms with van der Waals surface area (Å²) in [5.41, 5.74) is 0. The molecule has 1 aliphatic rings. The number of nitrogens with zero attached hydrogens (tertiary/aromatic N) is 2. The Morgan fingerprint density at radius 2 is 2.33 bits per heavy atom. The average Bonchev–Trinajstić information content (AvgIpc) is 2.53. The molecule has 0 aromatic carbocycles. The van der Waals surface area contributed by atoms with E-state index >= 15 is 0 Å². The third-order valence-corrected chi connectivity index (χ3v) is 2.48. The van der Waals surface area contributed by atoms with Crippen molar-refractivity contribution in [2.75, 3.05) is 47.3 Å². The standard InChI is InChI=1S/C10H21N3O2/c1-11-5-4-9-8-13(10(14)15-9)7-6-12(2)3/h9,11H,4-8H2,1-3H3. The molecule has 1 atom stereocenters. The Balaban J connectivity index is 2.26. The van der Waals surface area contributed by atoms with Crippen LogP contribution in [0.4, 0.5) is 4.79 Å². The minimum Gasteiger partial charge on any atom is -0.444 e. The second kappa shape index (κ2) is 5.92. The predicted molar refractivity (Wildman–Crippen MR) is 58.9 cm³/mol. The van der Waals surface area contributed by atoms with E-state index in [2.05, 4.69) is 10.2 Å². The lowest BCUT2D eigenvalue weighted by Crippen LogP contribution is -2.33. The van der Waals surface area contributed by atoms with E-state index in [1.54, 1.807) is 4.90 Å². The smallest absolute Gasteiger partial charge is 0.410 e. The van der Waals surface area contributed by atoms with Gasteiger partial charge in [0.2, 0.25) is 0 Å². The first-order valence-corrected chi connectivity index (χ1v) is 5.38. The summed E-state index contributed by atoms with van der Waals surface area (Å²) in [6.07, 6.45) is 0.783. The zero-order valence-corrected chi connectivity index (χ0v) is 9.82. The molecule has 1 unspecified atom stereocenters. The van der Waals surface area contributed by atoms with Crippen molar-refractivity contribution in [3.63, 3.8) is 0 Å². The first-order chi connectivity index (χ1) is 7.13. The third-order valence-electron chi connectivity index (χ3n) is 2.48. The Labute approximate surface area is 91.4 Å². The van der Waals surface area contributed by atoms with E-state index in [4.69, 9.17) is 4.74 Å². The fourth-order valence-electron chi connectivity index (χ4n) is 1.53. The molecular weight excluding hydrogens is 194 g/mol. The molecule has 1 N–H and O–H groups in total. The number of rotatable bonds is 6. The lowest BCUT2D eigenvalue weighted by molar-refractivity contribution is 0.128. The molecular formula is C10H21N3O2. The van der Waals surface area contributed by atoms with E-state index in [9.17, 15) is 4.79 Å². The maximum Gasteiger partial charge on any atom is 0.410 e. The average molecular weight is 215 g/mol. The summed E-state index contributed by atoms with van der Waals surface area (Å²) in [5.74, 6) is 0. The van der Waals surface area contributed by atoms with Gasteiger partial charge in [0, 0.05) is 13.1 Å². The van der Waals surface area contributed by atoms with Gasteiger partial charge in [0.25, 0.3) is 0 Å².